The molecule has 0 aliphatic heterocycles. The molecule has 0 aliphatic rings. The minimum absolute atomic E-state index is 0.0413. The van der Waals surface area contributed by atoms with Crippen molar-refractivity contribution in [3.05, 3.63) is 59.1 Å². The third-order valence-electron chi connectivity index (χ3n) is 2.46. The number of hydrogen-bond acceptors (Lipinski definition) is 2. The van der Waals surface area contributed by atoms with Crippen LogP contribution in [0.15, 0.2) is 48.5 Å². The summed E-state index contributed by atoms with van der Waals surface area (Å²) in [6.07, 6.45) is 0. The molecule has 2 N–H and O–H groups in total. The zero-order valence-electron chi connectivity index (χ0n) is 9.56. The lowest BCUT2D eigenvalue weighted by Gasteiger charge is -2.08. The zero-order valence-corrected chi connectivity index (χ0v) is 10.3. The quantitative estimate of drug-likeness (QED) is 0.884. The van der Waals surface area contributed by atoms with Crippen LogP contribution in [0.2, 0.25) is 5.02 Å². The van der Waals surface area contributed by atoms with Gasteiger partial charge in [-0.3, -0.25) is 0 Å². The second-order valence-corrected chi connectivity index (χ2v) is 4.35. The van der Waals surface area contributed by atoms with E-state index in [4.69, 9.17) is 22.1 Å². The van der Waals surface area contributed by atoms with Crippen molar-refractivity contribution in [1.29, 1.82) is 0 Å². The molecule has 0 bridgehead atoms. The topological polar surface area (TPSA) is 35.2 Å². The van der Waals surface area contributed by atoms with Crippen molar-refractivity contribution >= 4 is 11.6 Å². The third-order valence-corrected chi connectivity index (χ3v) is 2.71. The Labute approximate surface area is 106 Å². The second kappa shape index (κ2) is 5.21. The van der Waals surface area contributed by atoms with Gasteiger partial charge in [0.25, 0.3) is 0 Å². The Hall–Kier alpha value is -1.51. The molecule has 0 amide bonds. The van der Waals surface area contributed by atoms with Gasteiger partial charge in [0.05, 0.1) is 0 Å². The fourth-order valence-electron chi connectivity index (χ4n) is 1.48. The number of benzene rings is 2. The van der Waals surface area contributed by atoms with E-state index in [0.29, 0.717) is 5.02 Å². The number of halogens is 1. The molecule has 0 fully saturated rings. The summed E-state index contributed by atoms with van der Waals surface area (Å²) < 4.78 is 5.67. The van der Waals surface area contributed by atoms with Crippen LogP contribution in [-0.4, -0.2) is 0 Å². The van der Waals surface area contributed by atoms with Crippen LogP contribution in [0.3, 0.4) is 0 Å². The van der Waals surface area contributed by atoms with Gasteiger partial charge in [-0.1, -0.05) is 23.7 Å². The lowest BCUT2D eigenvalue weighted by molar-refractivity contribution is 0.482. The van der Waals surface area contributed by atoms with Crippen molar-refractivity contribution in [3.8, 4) is 11.5 Å². The summed E-state index contributed by atoms with van der Waals surface area (Å²) in [6.45, 7) is 1.95. The summed E-state index contributed by atoms with van der Waals surface area (Å²) in [4.78, 5) is 0. The van der Waals surface area contributed by atoms with Crippen molar-refractivity contribution < 1.29 is 4.74 Å². The summed E-state index contributed by atoms with van der Waals surface area (Å²) in [6, 6.07) is 15.1. The van der Waals surface area contributed by atoms with Crippen LogP contribution in [0.5, 0.6) is 11.5 Å². The van der Waals surface area contributed by atoms with Crippen LogP contribution in [-0.2, 0) is 0 Å². The first-order valence-electron chi connectivity index (χ1n) is 5.44. The second-order valence-electron chi connectivity index (χ2n) is 3.91. The highest BCUT2D eigenvalue weighted by Gasteiger charge is 2.00. The maximum Gasteiger partial charge on any atom is 0.127 e. The van der Waals surface area contributed by atoms with E-state index in [1.54, 1.807) is 12.1 Å². The van der Waals surface area contributed by atoms with Gasteiger partial charge in [0, 0.05) is 11.1 Å². The Kier molecular flexibility index (Phi) is 3.67. The summed E-state index contributed by atoms with van der Waals surface area (Å²) >= 11 is 5.80. The molecule has 0 heterocycles. The third kappa shape index (κ3) is 3.22. The van der Waals surface area contributed by atoms with Crippen LogP contribution < -0.4 is 10.5 Å². The van der Waals surface area contributed by atoms with Crippen molar-refractivity contribution in [1.82, 2.24) is 0 Å². The normalized spacial score (nSPS) is 12.2. The van der Waals surface area contributed by atoms with Gasteiger partial charge >= 0.3 is 0 Å². The van der Waals surface area contributed by atoms with Crippen LogP contribution in [0.1, 0.15) is 18.5 Å². The van der Waals surface area contributed by atoms with Crippen LogP contribution in [0.25, 0.3) is 0 Å². The van der Waals surface area contributed by atoms with E-state index in [1.807, 2.05) is 43.3 Å². The summed E-state index contributed by atoms with van der Waals surface area (Å²) in [5, 5.41) is 0.699. The van der Waals surface area contributed by atoms with Crippen molar-refractivity contribution in [3.63, 3.8) is 0 Å². The first-order valence-corrected chi connectivity index (χ1v) is 5.82. The highest BCUT2D eigenvalue weighted by Crippen LogP contribution is 2.24. The highest BCUT2D eigenvalue weighted by atomic mass is 35.5. The molecule has 0 unspecified atom stereocenters. The van der Waals surface area contributed by atoms with E-state index in [-0.39, 0.29) is 6.04 Å². The Morgan fingerprint density at radius 2 is 1.41 bits per heavy atom. The van der Waals surface area contributed by atoms with Gasteiger partial charge in [0.15, 0.2) is 0 Å². The van der Waals surface area contributed by atoms with E-state index >= 15 is 0 Å². The summed E-state index contributed by atoms with van der Waals surface area (Å²) in [5.74, 6) is 1.56. The summed E-state index contributed by atoms with van der Waals surface area (Å²) in [5.41, 5.74) is 6.87. The number of nitrogens with two attached hydrogens (primary N) is 1. The molecule has 2 nitrogen and oxygen atoms in total. The number of ether oxygens (including phenoxy) is 1. The fraction of sp³-hybridized carbons (Fsp3) is 0.143. The molecule has 3 heteroatoms. The molecule has 17 heavy (non-hydrogen) atoms. The van der Waals surface area contributed by atoms with E-state index in [0.717, 1.165) is 17.1 Å². The average Bonchev–Trinajstić information content (AvgIpc) is 2.33. The Bertz CT molecular complexity index is 477. The average molecular weight is 248 g/mol. The van der Waals surface area contributed by atoms with Crippen LogP contribution in [0.4, 0.5) is 0 Å². The van der Waals surface area contributed by atoms with Gasteiger partial charge < -0.3 is 10.5 Å². The van der Waals surface area contributed by atoms with Crippen LogP contribution >= 0.6 is 11.6 Å². The molecule has 1 atom stereocenters. The maximum atomic E-state index is 5.80. The Balaban J connectivity index is 2.11. The first-order chi connectivity index (χ1) is 8.15. The minimum Gasteiger partial charge on any atom is -0.457 e. The van der Waals surface area contributed by atoms with Crippen molar-refractivity contribution in [2.75, 3.05) is 0 Å². The van der Waals surface area contributed by atoms with Crippen molar-refractivity contribution in [2.24, 2.45) is 5.73 Å². The number of hydrogen-bond donors (Lipinski definition) is 1. The van der Waals surface area contributed by atoms with E-state index in [2.05, 4.69) is 0 Å². The van der Waals surface area contributed by atoms with E-state index in [1.165, 1.54) is 0 Å². The van der Waals surface area contributed by atoms with Crippen LogP contribution in [0, 0.1) is 0 Å². The smallest absolute Gasteiger partial charge is 0.127 e. The largest absolute Gasteiger partial charge is 0.457 e. The molecule has 2 rings (SSSR count). The predicted molar refractivity (Wildman–Crippen MR) is 70.6 cm³/mol. The maximum absolute atomic E-state index is 5.80. The molecule has 0 radical (unpaired) electrons. The SMILES string of the molecule is C[C@H](N)c1ccc(Oc2ccc(Cl)cc2)cc1. The number of rotatable bonds is 3. The van der Waals surface area contributed by atoms with E-state index in [9.17, 15) is 0 Å². The molecule has 0 aliphatic carbocycles. The zero-order chi connectivity index (χ0) is 12.3. The Morgan fingerprint density at radius 1 is 0.941 bits per heavy atom. The molecule has 2 aromatic carbocycles. The summed E-state index contributed by atoms with van der Waals surface area (Å²) in [7, 11) is 0. The molecular weight excluding hydrogens is 234 g/mol. The molecule has 2 aromatic rings. The van der Waals surface area contributed by atoms with Gasteiger partial charge in [0.2, 0.25) is 0 Å². The monoisotopic (exact) mass is 247 g/mol. The van der Waals surface area contributed by atoms with Gasteiger partial charge in [-0.15, -0.1) is 0 Å². The van der Waals surface area contributed by atoms with Crippen molar-refractivity contribution in [2.45, 2.75) is 13.0 Å². The standard InChI is InChI=1S/C14H14ClNO/c1-10(16)11-2-6-13(7-3-11)17-14-8-4-12(15)5-9-14/h2-10H,16H2,1H3/t10-/m0/s1. The molecule has 0 spiro atoms. The van der Waals surface area contributed by atoms with E-state index < -0.39 is 0 Å². The molecule has 0 saturated heterocycles. The first kappa shape index (κ1) is 12.0. The molecular formula is C14H14ClNO. The Morgan fingerprint density at radius 3 is 1.88 bits per heavy atom. The predicted octanol–water partition coefficient (Wildman–Crippen LogP) is 4.15. The molecule has 0 aromatic heterocycles. The van der Waals surface area contributed by atoms with Gasteiger partial charge in [0.1, 0.15) is 11.5 Å². The highest BCUT2D eigenvalue weighted by molar-refractivity contribution is 6.30. The lowest BCUT2D eigenvalue weighted by atomic mass is 10.1. The van der Waals surface area contributed by atoms with Gasteiger partial charge in [-0.2, -0.15) is 0 Å². The molecule has 0 saturated carbocycles. The minimum atomic E-state index is 0.0413. The lowest BCUT2D eigenvalue weighted by Crippen LogP contribution is -2.04. The molecule has 88 valence electrons. The van der Waals surface area contributed by atoms with Gasteiger partial charge in [-0.25, -0.2) is 0 Å². The van der Waals surface area contributed by atoms with Gasteiger partial charge in [-0.05, 0) is 48.9 Å². The fourth-order valence-corrected chi connectivity index (χ4v) is 1.60.